The van der Waals surface area contributed by atoms with Crippen molar-refractivity contribution in [1.29, 1.82) is 0 Å². The van der Waals surface area contributed by atoms with Crippen molar-refractivity contribution in [3.8, 4) is 0 Å². The Labute approximate surface area is 154 Å². The smallest absolute Gasteiger partial charge is 0.268 e. The van der Waals surface area contributed by atoms with Crippen LogP contribution in [0.15, 0.2) is 59.6 Å². The van der Waals surface area contributed by atoms with Gasteiger partial charge in [-0.05, 0) is 36.2 Å². The third-order valence-electron chi connectivity index (χ3n) is 5.02. The van der Waals surface area contributed by atoms with Crippen molar-refractivity contribution in [1.82, 2.24) is 14.2 Å². The van der Waals surface area contributed by atoms with E-state index in [4.69, 9.17) is 0 Å². The Hall–Kier alpha value is -2.15. The third-order valence-corrected chi connectivity index (χ3v) is 6.87. The van der Waals surface area contributed by atoms with E-state index in [1.165, 1.54) is 9.54 Å². The van der Waals surface area contributed by atoms with Gasteiger partial charge in [-0.1, -0.05) is 30.3 Å². The van der Waals surface area contributed by atoms with Crippen molar-refractivity contribution in [2.24, 2.45) is 0 Å². The monoisotopic (exact) mass is 369 g/mol. The molecule has 1 N–H and O–H groups in total. The van der Waals surface area contributed by atoms with Crippen molar-refractivity contribution in [2.75, 3.05) is 26.2 Å². The Kier molecular flexibility index (Phi) is 4.56. The second kappa shape index (κ2) is 6.87. The lowest BCUT2D eigenvalue weighted by molar-refractivity contribution is 0.234. The minimum Gasteiger partial charge on any atom is -0.314 e. The average Bonchev–Trinajstić information content (AvgIpc) is 3.09. The van der Waals surface area contributed by atoms with Crippen LogP contribution in [0.5, 0.6) is 0 Å². The summed E-state index contributed by atoms with van der Waals surface area (Å²) in [6.45, 7) is 6.69. The molecule has 0 spiro atoms. The molecule has 6 heteroatoms. The van der Waals surface area contributed by atoms with E-state index in [1.54, 1.807) is 18.3 Å². The SMILES string of the molecule is Cc1ccccc1S(=O)(=O)n1ccc2c(CN3CCNCC3)cccc21. The number of benzene rings is 2. The number of aromatic nitrogens is 1. The third kappa shape index (κ3) is 3.05. The van der Waals surface area contributed by atoms with Crippen molar-refractivity contribution in [3.63, 3.8) is 0 Å². The number of fused-ring (bicyclic) bond motifs is 1. The van der Waals surface area contributed by atoms with E-state index < -0.39 is 10.0 Å². The molecule has 0 saturated carbocycles. The van der Waals surface area contributed by atoms with Gasteiger partial charge in [0.1, 0.15) is 0 Å². The molecule has 0 bridgehead atoms. The van der Waals surface area contributed by atoms with Gasteiger partial charge in [-0.3, -0.25) is 4.90 Å². The fourth-order valence-electron chi connectivity index (χ4n) is 3.62. The molecule has 2 heterocycles. The predicted octanol–water partition coefficient (Wildman–Crippen LogP) is 2.59. The van der Waals surface area contributed by atoms with Crippen LogP contribution in [0.25, 0.3) is 10.9 Å². The lowest BCUT2D eigenvalue weighted by atomic mass is 10.1. The van der Waals surface area contributed by atoms with E-state index >= 15 is 0 Å². The minimum atomic E-state index is -3.61. The van der Waals surface area contributed by atoms with Gasteiger partial charge in [0.05, 0.1) is 10.4 Å². The van der Waals surface area contributed by atoms with Crippen LogP contribution >= 0.6 is 0 Å². The Morgan fingerprint density at radius 1 is 1.00 bits per heavy atom. The molecule has 3 aromatic rings. The quantitative estimate of drug-likeness (QED) is 0.768. The molecule has 1 aliphatic heterocycles. The maximum absolute atomic E-state index is 13.2. The largest absolute Gasteiger partial charge is 0.314 e. The van der Waals surface area contributed by atoms with Crippen LogP contribution in [0.2, 0.25) is 0 Å². The van der Waals surface area contributed by atoms with E-state index in [0.29, 0.717) is 4.90 Å². The normalized spacial score (nSPS) is 16.2. The fraction of sp³-hybridized carbons (Fsp3) is 0.300. The number of rotatable bonds is 4. The first-order valence-corrected chi connectivity index (χ1v) is 10.3. The van der Waals surface area contributed by atoms with Gasteiger partial charge in [0.15, 0.2) is 0 Å². The summed E-state index contributed by atoms with van der Waals surface area (Å²) in [5, 5.41) is 4.36. The highest BCUT2D eigenvalue weighted by atomic mass is 32.2. The van der Waals surface area contributed by atoms with Gasteiger partial charge in [-0.2, -0.15) is 0 Å². The van der Waals surface area contributed by atoms with Crippen LogP contribution in [-0.2, 0) is 16.6 Å². The second-order valence-corrected chi connectivity index (χ2v) is 8.54. The maximum Gasteiger partial charge on any atom is 0.268 e. The topological polar surface area (TPSA) is 54.3 Å². The van der Waals surface area contributed by atoms with Gasteiger partial charge in [-0.25, -0.2) is 12.4 Å². The molecule has 5 nitrogen and oxygen atoms in total. The number of hydrogen-bond donors (Lipinski definition) is 1. The summed E-state index contributed by atoms with van der Waals surface area (Å²) < 4.78 is 27.8. The summed E-state index contributed by atoms with van der Waals surface area (Å²) in [6, 6.07) is 15.0. The molecule has 0 unspecified atom stereocenters. The number of nitrogens with zero attached hydrogens (tertiary/aromatic N) is 2. The van der Waals surface area contributed by atoms with Gasteiger partial charge >= 0.3 is 0 Å². The number of piperazine rings is 1. The van der Waals surface area contributed by atoms with Gasteiger partial charge in [0, 0.05) is 44.3 Å². The highest BCUT2D eigenvalue weighted by molar-refractivity contribution is 7.90. The van der Waals surface area contributed by atoms with E-state index in [-0.39, 0.29) is 0 Å². The molecule has 1 aromatic heterocycles. The van der Waals surface area contributed by atoms with Crippen molar-refractivity contribution in [2.45, 2.75) is 18.4 Å². The molecule has 1 saturated heterocycles. The molecule has 2 aromatic carbocycles. The molecular weight excluding hydrogens is 346 g/mol. The zero-order valence-electron chi connectivity index (χ0n) is 14.9. The Morgan fingerprint density at radius 3 is 2.54 bits per heavy atom. The Balaban J connectivity index is 1.76. The van der Waals surface area contributed by atoms with Gasteiger partial charge in [0.2, 0.25) is 0 Å². The minimum absolute atomic E-state index is 0.352. The highest BCUT2D eigenvalue weighted by Gasteiger charge is 2.21. The standard InChI is InChI=1S/C20H23N3O2S/c1-16-5-2-3-8-20(16)26(24,25)23-12-9-18-17(6-4-7-19(18)23)15-22-13-10-21-11-14-22/h2-9,12,21H,10-11,13-15H2,1H3. The molecule has 26 heavy (non-hydrogen) atoms. The summed E-state index contributed by atoms with van der Waals surface area (Å²) in [5.41, 5.74) is 2.66. The molecule has 4 rings (SSSR count). The zero-order chi connectivity index (χ0) is 18.1. The summed E-state index contributed by atoms with van der Waals surface area (Å²) in [7, 11) is -3.61. The van der Waals surface area contributed by atoms with Gasteiger partial charge < -0.3 is 5.32 Å². The lowest BCUT2D eigenvalue weighted by Gasteiger charge is -2.27. The predicted molar refractivity (Wildman–Crippen MR) is 104 cm³/mol. The Bertz CT molecular complexity index is 1030. The van der Waals surface area contributed by atoms with E-state index in [9.17, 15) is 8.42 Å². The van der Waals surface area contributed by atoms with Crippen LogP contribution in [-0.4, -0.2) is 43.5 Å². The molecule has 0 atom stereocenters. The van der Waals surface area contributed by atoms with E-state index in [0.717, 1.165) is 49.2 Å². The van der Waals surface area contributed by atoms with Crippen LogP contribution in [0.4, 0.5) is 0 Å². The molecule has 0 amide bonds. The summed E-state index contributed by atoms with van der Waals surface area (Å²) in [6.07, 6.45) is 1.67. The summed E-state index contributed by atoms with van der Waals surface area (Å²) in [4.78, 5) is 2.75. The fourth-order valence-corrected chi connectivity index (χ4v) is 5.19. The number of aryl methyl sites for hydroxylation is 1. The van der Waals surface area contributed by atoms with Crippen molar-refractivity contribution >= 4 is 20.9 Å². The molecular formula is C20H23N3O2S. The van der Waals surface area contributed by atoms with E-state index in [1.807, 2.05) is 37.3 Å². The molecule has 1 fully saturated rings. The second-order valence-electron chi connectivity index (χ2n) is 6.76. The van der Waals surface area contributed by atoms with Crippen molar-refractivity contribution in [3.05, 3.63) is 65.9 Å². The van der Waals surface area contributed by atoms with Gasteiger partial charge in [0.25, 0.3) is 10.0 Å². The number of hydrogen-bond acceptors (Lipinski definition) is 4. The highest BCUT2D eigenvalue weighted by Crippen LogP contribution is 2.27. The van der Waals surface area contributed by atoms with Crippen LogP contribution < -0.4 is 5.32 Å². The summed E-state index contributed by atoms with van der Waals surface area (Å²) >= 11 is 0. The first-order chi connectivity index (χ1) is 12.6. The molecule has 0 aliphatic carbocycles. The zero-order valence-corrected chi connectivity index (χ0v) is 15.7. The molecule has 0 radical (unpaired) electrons. The molecule has 136 valence electrons. The van der Waals surface area contributed by atoms with Crippen LogP contribution in [0.1, 0.15) is 11.1 Å². The van der Waals surface area contributed by atoms with E-state index in [2.05, 4.69) is 16.3 Å². The van der Waals surface area contributed by atoms with Gasteiger partial charge in [-0.15, -0.1) is 0 Å². The maximum atomic E-state index is 13.2. The number of nitrogens with one attached hydrogen (secondary N) is 1. The van der Waals surface area contributed by atoms with Crippen molar-refractivity contribution < 1.29 is 8.42 Å². The van der Waals surface area contributed by atoms with Crippen LogP contribution in [0, 0.1) is 6.92 Å². The first kappa shape index (κ1) is 17.3. The first-order valence-electron chi connectivity index (χ1n) is 8.90. The Morgan fingerprint density at radius 2 is 1.77 bits per heavy atom. The lowest BCUT2D eigenvalue weighted by Crippen LogP contribution is -2.42. The van der Waals surface area contributed by atoms with Crippen LogP contribution in [0.3, 0.4) is 0 Å². The average molecular weight is 369 g/mol. The molecule has 1 aliphatic rings. The summed E-state index contributed by atoms with van der Waals surface area (Å²) in [5.74, 6) is 0.